The summed E-state index contributed by atoms with van der Waals surface area (Å²) < 4.78 is 68.4. The zero-order valence-electron chi connectivity index (χ0n) is 21.0. The van der Waals surface area contributed by atoms with Crippen molar-refractivity contribution in [3.8, 4) is 22.6 Å². The molecule has 0 heterocycles. The third kappa shape index (κ3) is 7.49. The van der Waals surface area contributed by atoms with Gasteiger partial charge in [-0.25, -0.2) is 8.78 Å². The number of ether oxygens (including phenoxy) is 2. The molecule has 0 fully saturated rings. The Morgan fingerprint density at radius 3 is 1.72 bits per heavy atom. The average molecular weight is 503 g/mol. The number of rotatable bonds is 14. The number of benzene rings is 3. The maximum absolute atomic E-state index is 14.7. The van der Waals surface area contributed by atoms with E-state index in [9.17, 15) is 17.6 Å². The van der Waals surface area contributed by atoms with Gasteiger partial charge in [-0.15, -0.1) is 0 Å². The summed E-state index contributed by atoms with van der Waals surface area (Å²) in [5.41, 5.74) is 2.91. The molecule has 0 bridgehead atoms. The second-order valence-corrected chi connectivity index (χ2v) is 8.93. The molecule has 0 saturated carbocycles. The molecule has 0 amide bonds. The first-order valence-corrected chi connectivity index (χ1v) is 12.7. The van der Waals surface area contributed by atoms with Gasteiger partial charge < -0.3 is 9.47 Å². The number of alkyl halides is 2. The van der Waals surface area contributed by atoms with Gasteiger partial charge in [-0.05, 0) is 48.1 Å². The van der Waals surface area contributed by atoms with E-state index in [1.807, 2.05) is 19.1 Å². The molecule has 0 atom stereocenters. The lowest BCUT2D eigenvalue weighted by molar-refractivity contribution is -0.0246. The van der Waals surface area contributed by atoms with E-state index in [-0.39, 0.29) is 17.9 Å². The van der Waals surface area contributed by atoms with Crippen LogP contribution in [-0.4, -0.2) is 13.2 Å². The second kappa shape index (κ2) is 13.3. The van der Waals surface area contributed by atoms with Crippen LogP contribution in [0.4, 0.5) is 17.6 Å². The Morgan fingerprint density at radius 1 is 0.639 bits per heavy atom. The van der Waals surface area contributed by atoms with E-state index in [4.69, 9.17) is 9.47 Å². The second-order valence-electron chi connectivity index (χ2n) is 8.93. The normalized spacial score (nSPS) is 11.5. The Hall–Kier alpha value is -3.02. The molecule has 0 aliphatic rings. The van der Waals surface area contributed by atoms with Gasteiger partial charge in [-0.1, -0.05) is 81.6 Å². The van der Waals surface area contributed by atoms with Crippen molar-refractivity contribution in [1.29, 1.82) is 0 Å². The lowest BCUT2D eigenvalue weighted by atomic mass is 9.98. The molecule has 6 heteroatoms. The number of aryl methyl sites for hydroxylation is 1. The molecule has 0 aliphatic heterocycles. The summed E-state index contributed by atoms with van der Waals surface area (Å²) in [6.07, 6.45) is 5.26. The van der Waals surface area contributed by atoms with Crippen LogP contribution in [0.5, 0.6) is 11.5 Å². The van der Waals surface area contributed by atoms with E-state index in [0.717, 1.165) is 49.7 Å². The molecule has 0 radical (unpaired) electrons. The molecule has 0 aliphatic carbocycles. The van der Waals surface area contributed by atoms with E-state index in [0.29, 0.717) is 0 Å². The largest absolute Gasteiger partial charge is 0.490 e. The quantitative estimate of drug-likeness (QED) is 0.162. The summed E-state index contributed by atoms with van der Waals surface area (Å²) in [7, 11) is 0. The summed E-state index contributed by atoms with van der Waals surface area (Å²) in [5, 5.41) is 0. The molecular formula is C30H34F4O2. The van der Waals surface area contributed by atoms with Crippen molar-refractivity contribution >= 4 is 0 Å². The topological polar surface area (TPSA) is 18.5 Å². The van der Waals surface area contributed by atoms with Gasteiger partial charge in [0, 0.05) is 12.0 Å². The molecular weight excluding hydrogens is 468 g/mol. The van der Waals surface area contributed by atoms with Crippen LogP contribution in [0, 0.1) is 11.6 Å². The van der Waals surface area contributed by atoms with Crippen LogP contribution in [0.15, 0.2) is 60.7 Å². The van der Waals surface area contributed by atoms with Gasteiger partial charge in [-0.2, -0.15) is 8.78 Å². The van der Waals surface area contributed by atoms with Gasteiger partial charge in [0.1, 0.15) is 0 Å². The summed E-state index contributed by atoms with van der Waals surface area (Å²) in [5.74, 6) is -6.22. The first-order chi connectivity index (χ1) is 17.4. The zero-order valence-corrected chi connectivity index (χ0v) is 21.0. The van der Waals surface area contributed by atoms with Crippen molar-refractivity contribution < 1.29 is 27.0 Å². The molecule has 0 saturated heterocycles. The molecule has 0 N–H and O–H groups in total. The van der Waals surface area contributed by atoms with Gasteiger partial charge in [0.15, 0.2) is 11.5 Å². The Kier molecular flexibility index (Phi) is 10.2. The minimum atomic E-state index is -3.18. The monoisotopic (exact) mass is 502 g/mol. The molecule has 2 nitrogen and oxygen atoms in total. The Balaban J connectivity index is 1.56. The predicted octanol–water partition coefficient (Wildman–Crippen LogP) is 9.10. The third-order valence-corrected chi connectivity index (χ3v) is 6.10. The van der Waals surface area contributed by atoms with Gasteiger partial charge in [-0.3, -0.25) is 0 Å². The van der Waals surface area contributed by atoms with Gasteiger partial charge >= 0.3 is 0 Å². The molecule has 3 aromatic carbocycles. The van der Waals surface area contributed by atoms with Crippen molar-refractivity contribution in [2.75, 3.05) is 13.2 Å². The molecule has 0 unspecified atom stereocenters. The maximum Gasteiger partial charge on any atom is 0.276 e. The van der Waals surface area contributed by atoms with E-state index < -0.39 is 36.3 Å². The van der Waals surface area contributed by atoms with E-state index in [1.165, 1.54) is 29.8 Å². The highest BCUT2D eigenvalue weighted by atomic mass is 19.3. The summed E-state index contributed by atoms with van der Waals surface area (Å²) in [4.78, 5) is 0. The van der Waals surface area contributed by atoms with Crippen LogP contribution >= 0.6 is 0 Å². The smallest absolute Gasteiger partial charge is 0.276 e. The van der Waals surface area contributed by atoms with Crippen LogP contribution in [-0.2, 0) is 12.3 Å². The van der Waals surface area contributed by atoms with Crippen molar-refractivity contribution in [2.24, 2.45) is 0 Å². The summed E-state index contributed by atoms with van der Waals surface area (Å²) in [6.45, 7) is 3.98. The molecule has 36 heavy (non-hydrogen) atoms. The van der Waals surface area contributed by atoms with E-state index in [2.05, 4.69) is 19.1 Å². The number of hydrogen-bond acceptors (Lipinski definition) is 2. The summed E-state index contributed by atoms with van der Waals surface area (Å²) >= 11 is 0. The van der Waals surface area contributed by atoms with Crippen LogP contribution < -0.4 is 9.47 Å². The van der Waals surface area contributed by atoms with Crippen LogP contribution in [0.2, 0.25) is 0 Å². The van der Waals surface area contributed by atoms with Crippen molar-refractivity contribution in [1.82, 2.24) is 0 Å². The minimum Gasteiger partial charge on any atom is -0.490 e. The Labute approximate surface area is 211 Å². The third-order valence-electron chi connectivity index (χ3n) is 6.10. The van der Waals surface area contributed by atoms with Crippen LogP contribution in [0.3, 0.4) is 0 Å². The highest BCUT2D eigenvalue weighted by molar-refractivity contribution is 5.64. The fourth-order valence-corrected chi connectivity index (χ4v) is 3.86. The number of halogens is 4. The Morgan fingerprint density at radius 2 is 1.17 bits per heavy atom. The highest BCUT2D eigenvalue weighted by Gasteiger charge is 2.31. The number of unbranched alkanes of at least 4 members (excludes halogenated alkanes) is 3. The van der Waals surface area contributed by atoms with Gasteiger partial charge in [0.2, 0.25) is 11.6 Å². The standard InChI is InChI=1S/C30H34F4O2/c1-3-5-7-20-35-26-17-18-27(29(32)28(26)31)36-21-19-30(33,34)25-15-13-24(14-16-25)23-11-9-22(10-12-23)8-6-4-2/h9-18H,3-8,19-21H2,1-2H3. The van der Waals surface area contributed by atoms with Crippen molar-refractivity contribution in [2.45, 2.75) is 64.7 Å². The number of hydrogen-bond donors (Lipinski definition) is 0. The average Bonchev–Trinajstić information content (AvgIpc) is 2.89. The molecule has 0 spiro atoms. The highest BCUT2D eigenvalue weighted by Crippen LogP contribution is 2.34. The lowest BCUT2D eigenvalue weighted by Gasteiger charge is -2.18. The lowest BCUT2D eigenvalue weighted by Crippen LogP contribution is -2.17. The van der Waals surface area contributed by atoms with Gasteiger partial charge in [0.05, 0.1) is 13.2 Å². The first-order valence-electron chi connectivity index (χ1n) is 12.7. The minimum absolute atomic E-state index is 0.156. The first kappa shape index (κ1) is 27.6. The van der Waals surface area contributed by atoms with Crippen LogP contribution in [0.25, 0.3) is 11.1 Å². The maximum atomic E-state index is 14.7. The van der Waals surface area contributed by atoms with Gasteiger partial charge in [0.25, 0.3) is 5.92 Å². The fraction of sp³-hybridized carbons (Fsp3) is 0.400. The van der Waals surface area contributed by atoms with Crippen molar-refractivity contribution in [3.63, 3.8) is 0 Å². The predicted molar refractivity (Wildman–Crippen MR) is 136 cm³/mol. The van der Waals surface area contributed by atoms with E-state index >= 15 is 0 Å². The van der Waals surface area contributed by atoms with E-state index in [1.54, 1.807) is 12.1 Å². The SMILES string of the molecule is CCCCCOc1ccc(OCCC(F)(F)c2ccc(-c3ccc(CCCC)cc3)cc2)c(F)c1F. The molecule has 3 aromatic rings. The zero-order chi connectivity index (χ0) is 26.0. The molecule has 3 rings (SSSR count). The summed E-state index contributed by atoms with van der Waals surface area (Å²) in [6, 6.07) is 16.7. The Bertz CT molecular complexity index is 1080. The van der Waals surface area contributed by atoms with Crippen LogP contribution in [0.1, 0.15) is 63.5 Å². The molecule has 0 aromatic heterocycles. The van der Waals surface area contributed by atoms with Crippen molar-refractivity contribution in [3.05, 3.63) is 83.4 Å². The molecule has 194 valence electrons. The fourth-order valence-electron chi connectivity index (χ4n) is 3.86.